The average Bonchev–Trinajstić information content (AvgIpc) is 3.61. The van der Waals surface area contributed by atoms with Crippen molar-refractivity contribution in [3.05, 3.63) is 80.7 Å². The van der Waals surface area contributed by atoms with E-state index in [4.69, 9.17) is 9.47 Å². The van der Waals surface area contributed by atoms with Crippen molar-refractivity contribution in [1.82, 2.24) is 15.5 Å². The van der Waals surface area contributed by atoms with E-state index < -0.39 is 18.2 Å². The van der Waals surface area contributed by atoms with Gasteiger partial charge in [-0.05, 0) is 54.6 Å². The maximum absolute atomic E-state index is 13.6. The fourth-order valence-corrected chi connectivity index (χ4v) is 5.06. The molecule has 2 N–H and O–H groups in total. The molecule has 0 aliphatic heterocycles. The first kappa shape index (κ1) is 28.2. The van der Waals surface area contributed by atoms with E-state index in [1.807, 2.05) is 65.4 Å². The summed E-state index contributed by atoms with van der Waals surface area (Å²) in [5.41, 5.74) is 0.987. The molecule has 3 aromatic rings. The van der Waals surface area contributed by atoms with E-state index in [2.05, 4.69) is 10.6 Å². The highest BCUT2D eigenvalue weighted by Crippen LogP contribution is 2.19. The van der Waals surface area contributed by atoms with Crippen LogP contribution in [0.1, 0.15) is 41.5 Å². The van der Waals surface area contributed by atoms with Gasteiger partial charge in [-0.3, -0.25) is 4.79 Å². The molecule has 0 spiro atoms. The Balaban J connectivity index is 1.52. The number of carbonyl (C=O) groups excluding carboxylic acids is 3. The zero-order valence-corrected chi connectivity index (χ0v) is 22.5. The van der Waals surface area contributed by atoms with Gasteiger partial charge in [0, 0.05) is 16.3 Å². The van der Waals surface area contributed by atoms with Gasteiger partial charge >= 0.3 is 12.2 Å². The summed E-state index contributed by atoms with van der Waals surface area (Å²) in [6, 6.07) is 16.7. The van der Waals surface area contributed by atoms with Crippen LogP contribution in [0.5, 0.6) is 0 Å². The largest absolute Gasteiger partial charge is 0.450 e. The number of rotatable bonds is 14. The number of nitrogens with zero attached hydrogens (tertiary/aromatic N) is 1. The highest BCUT2D eigenvalue weighted by molar-refractivity contribution is 7.10. The molecule has 1 atom stereocenters. The summed E-state index contributed by atoms with van der Waals surface area (Å²) < 4.78 is 10.3. The van der Waals surface area contributed by atoms with Crippen molar-refractivity contribution in [3.63, 3.8) is 0 Å². The summed E-state index contributed by atoms with van der Waals surface area (Å²) in [4.78, 5) is 41.7. The number of unbranched alkanes of at least 4 members (excludes halogenated alkanes) is 1. The lowest BCUT2D eigenvalue weighted by Crippen LogP contribution is -2.48. The van der Waals surface area contributed by atoms with Crippen LogP contribution in [0.25, 0.3) is 0 Å². The lowest BCUT2D eigenvalue weighted by Gasteiger charge is -2.27. The normalized spacial score (nSPS) is 11.4. The van der Waals surface area contributed by atoms with Crippen LogP contribution < -0.4 is 10.6 Å². The number of hydrogen-bond donors (Lipinski definition) is 2. The number of ether oxygens (including phenoxy) is 2. The fourth-order valence-electron chi connectivity index (χ4n) is 3.62. The fraction of sp³-hybridized carbons (Fsp3) is 0.370. The number of benzene rings is 1. The van der Waals surface area contributed by atoms with E-state index >= 15 is 0 Å². The van der Waals surface area contributed by atoms with Crippen LogP contribution >= 0.6 is 22.7 Å². The Kier molecular flexibility index (Phi) is 12.0. The quantitative estimate of drug-likeness (QED) is 0.260. The predicted molar refractivity (Wildman–Crippen MR) is 145 cm³/mol. The minimum Gasteiger partial charge on any atom is -0.450 e. The van der Waals surface area contributed by atoms with E-state index in [0.29, 0.717) is 38.9 Å². The third-order valence-electron chi connectivity index (χ3n) is 5.43. The summed E-state index contributed by atoms with van der Waals surface area (Å²) >= 11 is 3.18. The highest BCUT2D eigenvalue weighted by atomic mass is 32.1. The maximum atomic E-state index is 13.6. The smallest absolute Gasteiger partial charge is 0.407 e. The minimum atomic E-state index is -0.745. The Bertz CT molecular complexity index is 1040. The van der Waals surface area contributed by atoms with Gasteiger partial charge in [-0.25, -0.2) is 9.59 Å². The van der Waals surface area contributed by atoms with E-state index in [1.54, 1.807) is 34.5 Å². The third kappa shape index (κ3) is 10.3. The summed E-state index contributed by atoms with van der Waals surface area (Å²) in [6.45, 7) is 3.46. The molecule has 0 aliphatic carbocycles. The van der Waals surface area contributed by atoms with Gasteiger partial charge in [0.1, 0.15) is 6.04 Å². The molecule has 2 aromatic heterocycles. The third-order valence-corrected chi connectivity index (χ3v) is 7.15. The molecule has 3 amide bonds. The molecule has 37 heavy (non-hydrogen) atoms. The van der Waals surface area contributed by atoms with Crippen LogP contribution in [0.2, 0.25) is 0 Å². The molecule has 8 nitrogen and oxygen atoms in total. The van der Waals surface area contributed by atoms with Crippen molar-refractivity contribution < 1.29 is 23.9 Å². The van der Waals surface area contributed by atoms with Gasteiger partial charge in [0.05, 0.1) is 26.3 Å². The molecule has 0 unspecified atom stereocenters. The summed E-state index contributed by atoms with van der Waals surface area (Å²) in [5.74, 6) is -0.170. The highest BCUT2D eigenvalue weighted by Gasteiger charge is 2.27. The van der Waals surface area contributed by atoms with E-state index in [-0.39, 0.29) is 19.1 Å². The molecule has 2 heterocycles. The Morgan fingerprint density at radius 1 is 0.865 bits per heavy atom. The van der Waals surface area contributed by atoms with Crippen molar-refractivity contribution in [2.24, 2.45) is 0 Å². The molecule has 198 valence electrons. The van der Waals surface area contributed by atoms with Gasteiger partial charge < -0.3 is 25.0 Å². The van der Waals surface area contributed by atoms with E-state index in [0.717, 1.165) is 15.3 Å². The Morgan fingerprint density at radius 2 is 1.54 bits per heavy atom. The lowest BCUT2D eigenvalue weighted by atomic mass is 10.1. The van der Waals surface area contributed by atoms with Gasteiger partial charge in [0.2, 0.25) is 5.91 Å². The number of nitrogens with one attached hydrogen (secondary N) is 2. The molecular formula is C27H33N3O5S2. The first-order valence-electron chi connectivity index (χ1n) is 12.3. The van der Waals surface area contributed by atoms with Crippen LogP contribution in [-0.2, 0) is 33.9 Å². The molecule has 0 aliphatic rings. The number of thiophene rings is 2. The molecule has 0 saturated carbocycles. The van der Waals surface area contributed by atoms with Crippen LogP contribution in [-0.4, -0.2) is 42.2 Å². The van der Waals surface area contributed by atoms with Crippen molar-refractivity contribution in [2.45, 2.75) is 51.9 Å². The topological polar surface area (TPSA) is 97.0 Å². The Labute approximate surface area is 225 Å². The van der Waals surface area contributed by atoms with Crippen LogP contribution in [0, 0.1) is 0 Å². The SMILES string of the molecule is CCOC(=O)N[C@@H](CCCCOC(=O)NCc1ccccc1)C(=O)N(Cc1cccs1)Cc1cccs1. The van der Waals surface area contributed by atoms with Crippen molar-refractivity contribution in [2.75, 3.05) is 13.2 Å². The first-order valence-corrected chi connectivity index (χ1v) is 14.0. The van der Waals surface area contributed by atoms with Crippen molar-refractivity contribution in [1.29, 1.82) is 0 Å². The number of hydrogen-bond acceptors (Lipinski definition) is 7. The monoisotopic (exact) mass is 543 g/mol. The molecule has 0 fully saturated rings. The lowest BCUT2D eigenvalue weighted by molar-refractivity contribution is -0.134. The minimum absolute atomic E-state index is 0.170. The average molecular weight is 544 g/mol. The van der Waals surface area contributed by atoms with Gasteiger partial charge in [-0.1, -0.05) is 42.5 Å². The standard InChI is InChI=1S/C27H33N3O5S2/c1-2-34-27(33)29-24(14-6-7-15-35-26(32)28-18-21-10-4-3-5-11-21)25(31)30(19-22-12-8-16-36-22)20-23-13-9-17-37-23/h3-5,8-13,16-17,24H,2,6-7,14-15,18-20H2,1H3,(H,28,32)(H,29,33)/t24-/m0/s1. The Hall–Kier alpha value is -3.37. The number of amides is 3. The van der Waals surface area contributed by atoms with Gasteiger partial charge in [0.15, 0.2) is 0 Å². The zero-order valence-electron chi connectivity index (χ0n) is 20.9. The second kappa shape index (κ2) is 15.7. The second-order valence-electron chi connectivity index (χ2n) is 8.24. The molecule has 0 radical (unpaired) electrons. The molecule has 1 aromatic carbocycles. The van der Waals surface area contributed by atoms with Gasteiger partial charge in [-0.15, -0.1) is 22.7 Å². The molecule has 0 saturated heterocycles. The molecule has 10 heteroatoms. The molecular weight excluding hydrogens is 510 g/mol. The number of alkyl carbamates (subject to hydrolysis) is 2. The van der Waals surface area contributed by atoms with Gasteiger partial charge in [0.25, 0.3) is 0 Å². The molecule has 3 rings (SSSR count). The Morgan fingerprint density at radius 3 is 2.14 bits per heavy atom. The van der Waals surface area contributed by atoms with Crippen LogP contribution in [0.3, 0.4) is 0 Å². The van der Waals surface area contributed by atoms with Crippen LogP contribution in [0.4, 0.5) is 9.59 Å². The van der Waals surface area contributed by atoms with E-state index in [1.165, 1.54) is 0 Å². The van der Waals surface area contributed by atoms with Gasteiger partial charge in [-0.2, -0.15) is 0 Å². The van der Waals surface area contributed by atoms with Crippen molar-refractivity contribution >= 4 is 40.8 Å². The van der Waals surface area contributed by atoms with Crippen molar-refractivity contribution in [3.8, 4) is 0 Å². The molecule has 0 bridgehead atoms. The predicted octanol–water partition coefficient (Wildman–Crippen LogP) is 5.55. The summed E-state index contributed by atoms with van der Waals surface area (Å²) in [6.07, 6.45) is 0.436. The van der Waals surface area contributed by atoms with Crippen LogP contribution in [0.15, 0.2) is 65.4 Å². The second-order valence-corrected chi connectivity index (χ2v) is 10.3. The summed E-state index contributed by atoms with van der Waals surface area (Å²) in [7, 11) is 0. The van der Waals surface area contributed by atoms with E-state index in [9.17, 15) is 14.4 Å². The summed E-state index contributed by atoms with van der Waals surface area (Å²) in [5, 5.41) is 9.41. The zero-order chi connectivity index (χ0) is 26.3. The maximum Gasteiger partial charge on any atom is 0.407 e. The first-order chi connectivity index (χ1) is 18.0. The number of carbonyl (C=O) groups is 3.